The Labute approximate surface area is 129 Å². The highest BCUT2D eigenvalue weighted by Gasteiger charge is 2.54. The molecule has 0 saturated heterocycles. The van der Waals surface area contributed by atoms with Gasteiger partial charge in [-0.1, -0.05) is 6.92 Å². The van der Waals surface area contributed by atoms with E-state index in [0.717, 1.165) is 0 Å². The maximum atomic E-state index is 11.8. The van der Waals surface area contributed by atoms with Crippen molar-refractivity contribution >= 4 is 14.9 Å². The molecule has 1 N–H and O–H groups in total. The van der Waals surface area contributed by atoms with Crippen molar-refractivity contribution in [1.82, 2.24) is 4.90 Å². The van der Waals surface area contributed by atoms with Gasteiger partial charge in [0.05, 0.1) is 0 Å². The molecule has 0 heterocycles. The number of nitrogens with zero attached hydrogens (tertiary/aromatic N) is 1. The molecule has 0 aliphatic carbocycles. The van der Waals surface area contributed by atoms with Crippen LogP contribution in [0.4, 0.5) is 4.79 Å². The van der Waals surface area contributed by atoms with Crippen LogP contribution in [0.15, 0.2) is 0 Å². The summed E-state index contributed by atoms with van der Waals surface area (Å²) in [6.07, 6.45) is -0.402. The van der Waals surface area contributed by atoms with Gasteiger partial charge in [-0.2, -0.15) is 0 Å². The lowest BCUT2D eigenvalue weighted by atomic mass is 10.1. The Hall–Kier alpha value is -0.633. The van der Waals surface area contributed by atoms with Crippen LogP contribution in [0.2, 0.25) is 0 Å². The minimum Gasteiger partial charge on any atom is -0.465 e. The van der Waals surface area contributed by atoms with Crippen LogP contribution in [0.1, 0.15) is 54.9 Å². The first-order valence-electron chi connectivity index (χ1n) is 7.64. The predicted octanol–water partition coefficient (Wildman–Crippen LogP) is 3.13. The quantitative estimate of drug-likeness (QED) is 0.661. The van der Waals surface area contributed by atoms with Crippen molar-refractivity contribution in [3.05, 3.63) is 0 Å². The molecule has 0 aromatic carbocycles. The zero-order valence-electron chi connectivity index (χ0n) is 14.4. The molecule has 0 bridgehead atoms. The second-order valence-electron chi connectivity index (χ2n) is 5.65. The van der Waals surface area contributed by atoms with Gasteiger partial charge in [-0.3, -0.25) is 4.90 Å². The minimum atomic E-state index is -3.12. The summed E-state index contributed by atoms with van der Waals surface area (Å²) in [4.78, 5) is 13.2. The Bertz CT molecular complexity index is 302. The second-order valence-corrected chi connectivity index (χ2v) is 8.39. The fraction of sp³-hybridized carbons (Fsp3) is 0.929. The fourth-order valence-electron chi connectivity index (χ4n) is 2.50. The van der Waals surface area contributed by atoms with Gasteiger partial charge in [-0.25, -0.2) is 4.79 Å². The summed E-state index contributed by atoms with van der Waals surface area (Å²) in [5, 5.41) is 9.66. The molecule has 6 nitrogen and oxygen atoms in total. The SMILES string of the molecule is CCO[Si](OCC)(OCC)C(CC)N(C(=O)O)C(C)(C)C. The van der Waals surface area contributed by atoms with Crippen LogP contribution in [-0.2, 0) is 13.3 Å². The number of amides is 1. The topological polar surface area (TPSA) is 68.2 Å². The molecule has 0 spiro atoms. The van der Waals surface area contributed by atoms with Gasteiger partial charge >= 0.3 is 14.9 Å². The van der Waals surface area contributed by atoms with Crippen molar-refractivity contribution in [2.45, 2.75) is 66.1 Å². The number of carboxylic acid groups (broad SMARTS) is 1. The van der Waals surface area contributed by atoms with E-state index in [2.05, 4.69) is 0 Å². The molecule has 1 atom stereocenters. The third kappa shape index (κ3) is 5.25. The number of hydrogen-bond donors (Lipinski definition) is 1. The van der Waals surface area contributed by atoms with Crippen LogP contribution in [0, 0.1) is 0 Å². The van der Waals surface area contributed by atoms with E-state index in [9.17, 15) is 9.90 Å². The summed E-state index contributed by atoms with van der Waals surface area (Å²) in [7, 11) is -3.12. The van der Waals surface area contributed by atoms with Crippen molar-refractivity contribution in [1.29, 1.82) is 0 Å². The zero-order chi connectivity index (χ0) is 16.7. The van der Waals surface area contributed by atoms with Gasteiger partial charge < -0.3 is 18.4 Å². The molecule has 0 fully saturated rings. The molecule has 7 heteroatoms. The van der Waals surface area contributed by atoms with Gasteiger partial charge in [-0.05, 0) is 48.0 Å². The van der Waals surface area contributed by atoms with E-state index < -0.39 is 26.1 Å². The van der Waals surface area contributed by atoms with E-state index in [1.54, 1.807) is 0 Å². The van der Waals surface area contributed by atoms with Crippen molar-refractivity contribution in [2.75, 3.05) is 19.8 Å². The Morgan fingerprint density at radius 3 is 1.62 bits per heavy atom. The summed E-state index contributed by atoms with van der Waals surface area (Å²) < 4.78 is 17.6. The van der Waals surface area contributed by atoms with E-state index >= 15 is 0 Å². The van der Waals surface area contributed by atoms with Crippen molar-refractivity contribution in [3.63, 3.8) is 0 Å². The van der Waals surface area contributed by atoms with E-state index in [-0.39, 0.29) is 0 Å². The predicted molar refractivity (Wildman–Crippen MR) is 84.3 cm³/mol. The maximum absolute atomic E-state index is 11.8. The Morgan fingerprint density at radius 1 is 1.05 bits per heavy atom. The highest BCUT2D eigenvalue weighted by atomic mass is 28.4. The van der Waals surface area contributed by atoms with Crippen LogP contribution in [0.25, 0.3) is 0 Å². The first-order chi connectivity index (χ1) is 9.70. The van der Waals surface area contributed by atoms with Crippen molar-refractivity contribution < 1.29 is 23.2 Å². The van der Waals surface area contributed by atoms with E-state index in [1.165, 1.54) is 4.90 Å². The molecule has 21 heavy (non-hydrogen) atoms. The van der Waals surface area contributed by atoms with Crippen molar-refractivity contribution in [2.24, 2.45) is 0 Å². The molecule has 0 aromatic heterocycles. The van der Waals surface area contributed by atoms with Crippen molar-refractivity contribution in [3.8, 4) is 0 Å². The first-order valence-corrected chi connectivity index (χ1v) is 9.44. The third-order valence-electron chi connectivity index (χ3n) is 3.07. The van der Waals surface area contributed by atoms with Gasteiger partial charge in [0.2, 0.25) is 0 Å². The first kappa shape index (κ1) is 20.4. The Morgan fingerprint density at radius 2 is 1.43 bits per heavy atom. The molecule has 0 aromatic rings. The summed E-state index contributed by atoms with van der Waals surface area (Å²) in [5.74, 6) is 0. The van der Waals surface area contributed by atoms with Gasteiger partial charge in [0.15, 0.2) is 0 Å². The summed E-state index contributed by atoms with van der Waals surface area (Å²) >= 11 is 0. The van der Waals surface area contributed by atoms with Gasteiger partial charge in [0, 0.05) is 25.4 Å². The molecule has 0 rings (SSSR count). The zero-order valence-corrected chi connectivity index (χ0v) is 15.4. The highest BCUT2D eigenvalue weighted by molar-refractivity contribution is 6.62. The lowest BCUT2D eigenvalue weighted by Crippen LogP contribution is -2.67. The average Bonchev–Trinajstić information content (AvgIpc) is 2.34. The van der Waals surface area contributed by atoms with Gasteiger partial charge in [0.1, 0.15) is 5.67 Å². The summed E-state index contributed by atoms with van der Waals surface area (Å²) in [6.45, 7) is 14.4. The minimum absolute atomic E-state index is 0.421. The van der Waals surface area contributed by atoms with Crippen LogP contribution < -0.4 is 0 Å². The van der Waals surface area contributed by atoms with E-state index in [1.807, 2.05) is 48.5 Å². The Balaban J connectivity index is 5.79. The lowest BCUT2D eigenvalue weighted by molar-refractivity contribution is 0.0133. The van der Waals surface area contributed by atoms with Crippen LogP contribution in [-0.4, -0.2) is 55.9 Å². The number of carbonyl (C=O) groups is 1. The average molecular weight is 321 g/mol. The smallest absolute Gasteiger partial charge is 0.465 e. The van der Waals surface area contributed by atoms with Gasteiger partial charge in [-0.15, -0.1) is 0 Å². The molecule has 0 radical (unpaired) electrons. The largest absolute Gasteiger partial charge is 0.524 e. The molecular formula is C14H31NO5Si. The van der Waals surface area contributed by atoms with Crippen LogP contribution in [0.5, 0.6) is 0 Å². The molecule has 126 valence electrons. The van der Waals surface area contributed by atoms with E-state index in [0.29, 0.717) is 26.2 Å². The summed E-state index contributed by atoms with van der Waals surface area (Å²) in [6, 6.07) is 0. The highest BCUT2D eigenvalue weighted by Crippen LogP contribution is 2.28. The summed E-state index contributed by atoms with van der Waals surface area (Å²) in [5.41, 5.74) is -0.981. The number of rotatable bonds is 9. The third-order valence-corrected chi connectivity index (χ3v) is 6.63. The van der Waals surface area contributed by atoms with Crippen LogP contribution >= 0.6 is 0 Å². The molecule has 1 amide bonds. The molecule has 1 unspecified atom stereocenters. The maximum Gasteiger partial charge on any atom is 0.524 e. The fourth-order valence-corrected chi connectivity index (χ4v) is 5.84. The molecule has 0 saturated carbocycles. The number of hydrogen-bond acceptors (Lipinski definition) is 4. The molecule has 0 aliphatic heterocycles. The normalized spacial score (nSPS) is 14.0. The van der Waals surface area contributed by atoms with Crippen LogP contribution in [0.3, 0.4) is 0 Å². The van der Waals surface area contributed by atoms with E-state index in [4.69, 9.17) is 13.3 Å². The monoisotopic (exact) mass is 321 g/mol. The second kappa shape index (κ2) is 8.72. The molecular weight excluding hydrogens is 290 g/mol. The Kier molecular flexibility index (Phi) is 8.46. The van der Waals surface area contributed by atoms with Gasteiger partial charge in [0.25, 0.3) is 0 Å². The molecule has 0 aliphatic rings. The lowest BCUT2D eigenvalue weighted by Gasteiger charge is -2.45. The standard InChI is InChI=1S/C14H31NO5Si/c1-8-12(15(13(16)17)14(5,6)7)21(18-9-2,19-10-3)20-11-4/h12H,8-11H2,1-7H3,(H,16,17).